The van der Waals surface area contributed by atoms with Crippen LogP contribution in [-0.2, 0) is 5.41 Å². The van der Waals surface area contributed by atoms with Gasteiger partial charge in [-0.25, -0.2) is 0 Å². The molecular weight excluding hydrogens is 224 g/mol. The van der Waals surface area contributed by atoms with E-state index >= 15 is 0 Å². The Morgan fingerprint density at radius 3 is 2.72 bits per heavy atom. The largest absolute Gasteiger partial charge is 0.488 e. The topological polar surface area (TPSA) is 38.5 Å². The Morgan fingerprint density at radius 2 is 2.17 bits per heavy atom. The molecule has 1 saturated heterocycles. The number of hydrogen-bond donors (Lipinski definition) is 1. The summed E-state index contributed by atoms with van der Waals surface area (Å²) in [5, 5.41) is 0. The third-order valence-electron chi connectivity index (χ3n) is 4.48. The van der Waals surface area contributed by atoms with E-state index in [0.717, 1.165) is 25.4 Å². The van der Waals surface area contributed by atoms with Crippen LogP contribution in [0.5, 0.6) is 5.75 Å². The fraction of sp³-hybridized carbons (Fsp3) is 0.600. The van der Waals surface area contributed by atoms with Crippen LogP contribution < -0.4 is 10.5 Å². The predicted molar refractivity (Wildman–Crippen MR) is 72.9 cm³/mol. The highest BCUT2D eigenvalue weighted by molar-refractivity contribution is 5.36. The first kappa shape index (κ1) is 12.0. The van der Waals surface area contributed by atoms with E-state index < -0.39 is 0 Å². The maximum Gasteiger partial charge on any atom is 0.124 e. The van der Waals surface area contributed by atoms with E-state index in [1.807, 2.05) is 0 Å². The Bertz CT molecular complexity index is 417. The lowest BCUT2D eigenvalue weighted by atomic mass is 9.64. The molecule has 0 amide bonds. The SMILES string of the molecule is CN1CC(Oc2cccc(C3(CN)CCC3)c2)C1. The number of rotatable bonds is 4. The molecule has 98 valence electrons. The van der Waals surface area contributed by atoms with Crippen molar-refractivity contribution in [3.63, 3.8) is 0 Å². The van der Waals surface area contributed by atoms with Crippen LogP contribution in [0.2, 0.25) is 0 Å². The molecule has 1 aliphatic carbocycles. The molecule has 0 bridgehead atoms. The van der Waals surface area contributed by atoms with Gasteiger partial charge in [0.05, 0.1) is 0 Å². The molecule has 3 rings (SSSR count). The monoisotopic (exact) mass is 246 g/mol. The van der Waals surface area contributed by atoms with Gasteiger partial charge in [0.1, 0.15) is 11.9 Å². The summed E-state index contributed by atoms with van der Waals surface area (Å²) < 4.78 is 5.99. The molecular formula is C15H22N2O. The average Bonchev–Trinajstić information content (AvgIpc) is 2.27. The minimum absolute atomic E-state index is 0.232. The lowest BCUT2D eigenvalue weighted by Crippen LogP contribution is -2.51. The van der Waals surface area contributed by atoms with Gasteiger partial charge in [-0.05, 0) is 37.6 Å². The van der Waals surface area contributed by atoms with Crippen molar-refractivity contribution in [2.75, 3.05) is 26.7 Å². The van der Waals surface area contributed by atoms with Gasteiger partial charge in [-0.2, -0.15) is 0 Å². The minimum Gasteiger partial charge on any atom is -0.488 e. The van der Waals surface area contributed by atoms with Crippen molar-refractivity contribution >= 4 is 0 Å². The van der Waals surface area contributed by atoms with Crippen LogP contribution in [0, 0.1) is 0 Å². The molecule has 3 nitrogen and oxygen atoms in total. The van der Waals surface area contributed by atoms with Crippen LogP contribution >= 0.6 is 0 Å². The van der Waals surface area contributed by atoms with E-state index in [9.17, 15) is 0 Å². The maximum absolute atomic E-state index is 5.99. The maximum atomic E-state index is 5.99. The summed E-state index contributed by atoms with van der Waals surface area (Å²) >= 11 is 0. The molecule has 0 unspecified atom stereocenters. The normalized spacial score (nSPS) is 23.2. The van der Waals surface area contributed by atoms with Gasteiger partial charge in [-0.1, -0.05) is 18.6 Å². The molecule has 0 radical (unpaired) electrons. The average molecular weight is 246 g/mol. The standard InChI is InChI=1S/C15H22N2O/c1-17-9-14(10-17)18-13-5-2-4-12(8-13)15(11-16)6-3-7-15/h2,4-5,8,14H,3,6-7,9-11,16H2,1H3. The van der Waals surface area contributed by atoms with Crippen LogP contribution in [-0.4, -0.2) is 37.7 Å². The smallest absolute Gasteiger partial charge is 0.124 e. The fourth-order valence-electron chi connectivity index (χ4n) is 3.02. The molecule has 0 spiro atoms. The third kappa shape index (κ3) is 2.02. The fourth-order valence-corrected chi connectivity index (χ4v) is 3.02. The van der Waals surface area contributed by atoms with Gasteiger partial charge in [-0.3, -0.25) is 4.90 Å². The van der Waals surface area contributed by atoms with Crippen molar-refractivity contribution in [3.8, 4) is 5.75 Å². The lowest BCUT2D eigenvalue weighted by Gasteiger charge is -2.42. The predicted octanol–water partition coefficient (Wildman–Crippen LogP) is 1.76. The van der Waals surface area contributed by atoms with Gasteiger partial charge in [0.25, 0.3) is 0 Å². The molecule has 1 aliphatic heterocycles. The molecule has 2 aliphatic rings. The summed E-state index contributed by atoms with van der Waals surface area (Å²) in [7, 11) is 2.12. The highest BCUT2D eigenvalue weighted by Gasteiger charge is 2.37. The van der Waals surface area contributed by atoms with Gasteiger partial charge >= 0.3 is 0 Å². The van der Waals surface area contributed by atoms with Crippen LogP contribution in [0.3, 0.4) is 0 Å². The molecule has 3 heteroatoms. The number of nitrogens with zero attached hydrogens (tertiary/aromatic N) is 1. The molecule has 1 aromatic rings. The lowest BCUT2D eigenvalue weighted by molar-refractivity contribution is 0.0386. The molecule has 2 fully saturated rings. The third-order valence-corrected chi connectivity index (χ3v) is 4.48. The van der Waals surface area contributed by atoms with E-state index in [-0.39, 0.29) is 5.41 Å². The Morgan fingerprint density at radius 1 is 1.39 bits per heavy atom. The molecule has 18 heavy (non-hydrogen) atoms. The van der Waals surface area contributed by atoms with Crippen molar-refractivity contribution in [1.29, 1.82) is 0 Å². The first-order chi connectivity index (χ1) is 8.72. The van der Waals surface area contributed by atoms with Crippen molar-refractivity contribution in [1.82, 2.24) is 4.90 Å². The number of benzene rings is 1. The first-order valence-corrected chi connectivity index (χ1v) is 6.88. The summed E-state index contributed by atoms with van der Waals surface area (Å²) in [6, 6.07) is 8.56. The van der Waals surface area contributed by atoms with Crippen molar-refractivity contribution in [2.24, 2.45) is 5.73 Å². The van der Waals surface area contributed by atoms with Gasteiger partial charge in [0, 0.05) is 25.0 Å². The van der Waals surface area contributed by atoms with Crippen molar-refractivity contribution < 1.29 is 4.74 Å². The van der Waals surface area contributed by atoms with Gasteiger partial charge in [0.2, 0.25) is 0 Å². The summed E-state index contributed by atoms with van der Waals surface area (Å²) in [5.41, 5.74) is 7.55. The number of likely N-dealkylation sites (tertiary alicyclic amines) is 1. The summed E-state index contributed by atoms with van der Waals surface area (Å²) in [6.07, 6.45) is 4.11. The quantitative estimate of drug-likeness (QED) is 0.880. The second-order valence-corrected chi connectivity index (χ2v) is 5.83. The van der Waals surface area contributed by atoms with Crippen LogP contribution in [0.15, 0.2) is 24.3 Å². The molecule has 1 aromatic carbocycles. The molecule has 0 aromatic heterocycles. The Labute approximate surface area is 109 Å². The van der Waals surface area contributed by atoms with Crippen molar-refractivity contribution in [3.05, 3.63) is 29.8 Å². The van der Waals surface area contributed by atoms with Gasteiger partial charge in [-0.15, -0.1) is 0 Å². The zero-order chi connectivity index (χ0) is 12.6. The van der Waals surface area contributed by atoms with Crippen LogP contribution in [0.4, 0.5) is 0 Å². The molecule has 1 saturated carbocycles. The van der Waals surface area contributed by atoms with E-state index in [2.05, 4.69) is 36.2 Å². The number of nitrogens with two attached hydrogens (primary N) is 1. The summed E-state index contributed by atoms with van der Waals surface area (Å²) in [6.45, 7) is 2.82. The van der Waals surface area contributed by atoms with E-state index in [1.54, 1.807) is 0 Å². The number of likely N-dealkylation sites (N-methyl/N-ethyl adjacent to an activating group) is 1. The van der Waals surface area contributed by atoms with Gasteiger partial charge in [0.15, 0.2) is 0 Å². The Balaban J connectivity index is 1.72. The number of ether oxygens (including phenoxy) is 1. The van der Waals surface area contributed by atoms with E-state index in [1.165, 1.54) is 24.8 Å². The van der Waals surface area contributed by atoms with Crippen LogP contribution in [0.1, 0.15) is 24.8 Å². The first-order valence-electron chi connectivity index (χ1n) is 6.88. The van der Waals surface area contributed by atoms with Gasteiger partial charge < -0.3 is 10.5 Å². The zero-order valence-electron chi connectivity index (χ0n) is 11.1. The highest BCUT2D eigenvalue weighted by atomic mass is 16.5. The molecule has 2 N–H and O–H groups in total. The summed E-state index contributed by atoms with van der Waals surface area (Å²) in [4.78, 5) is 2.27. The van der Waals surface area contributed by atoms with E-state index in [4.69, 9.17) is 10.5 Å². The van der Waals surface area contributed by atoms with Crippen molar-refractivity contribution in [2.45, 2.75) is 30.8 Å². The Hall–Kier alpha value is -1.06. The van der Waals surface area contributed by atoms with Crippen LogP contribution in [0.25, 0.3) is 0 Å². The summed E-state index contributed by atoms with van der Waals surface area (Å²) in [5.74, 6) is 1.00. The molecule has 0 atom stereocenters. The van der Waals surface area contributed by atoms with E-state index in [0.29, 0.717) is 6.10 Å². The highest BCUT2D eigenvalue weighted by Crippen LogP contribution is 2.43. The second-order valence-electron chi connectivity index (χ2n) is 5.83. The second kappa shape index (κ2) is 4.56. The molecule has 1 heterocycles. The zero-order valence-corrected chi connectivity index (χ0v) is 11.1. The minimum atomic E-state index is 0.232. The Kier molecular flexibility index (Phi) is 3.04. The number of hydrogen-bond acceptors (Lipinski definition) is 3.